The van der Waals surface area contributed by atoms with Gasteiger partial charge in [-0.15, -0.1) is 0 Å². The molecule has 0 N–H and O–H groups in total. The van der Waals surface area contributed by atoms with Gasteiger partial charge in [0.1, 0.15) is 0 Å². The molecule has 0 heterocycles. The average molecular weight is 388 g/mol. The molecule has 4 heteroatoms. The fourth-order valence-corrected chi connectivity index (χ4v) is 2.62. The highest BCUT2D eigenvalue weighted by Crippen LogP contribution is 2.35. The van der Waals surface area contributed by atoms with Gasteiger partial charge < -0.3 is 0 Å². The third-order valence-corrected chi connectivity index (χ3v) is 4.97. The Bertz CT molecular complexity index is 665. The van der Waals surface area contributed by atoms with Crippen molar-refractivity contribution in [2.45, 2.75) is 0 Å². The number of halogens is 2. The molecule has 0 saturated heterocycles. The van der Waals surface area contributed by atoms with E-state index in [-0.39, 0.29) is 0 Å². The van der Waals surface area contributed by atoms with Crippen LogP contribution in [0.2, 0.25) is 0 Å². The van der Waals surface area contributed by atoms with Crippen molar-refractivity contribution in [3.63, 3.8) is 0 Å². The highest BCUT2D eigenvalue weighted by atomic mass is 79.9. The van der Waals surface area contributed by atoms with E-state index in [1.54, 1.807) is 24.3 Å². The lowest BCUT2D eigenvalue weighted by atomic mass is 10.1. The smallest absolute Gasteiger partial charge is 0.0991 e. The highest BCUT2D eigenvalue weighted by molar-refractivity contribution is 9.18. The van der Waals surface area contributed by atoms with Crippen LogP contribution in [-0.2, 0) is 0 Å². The van der Waals surface area contributed by atoms with E-state index in [1.165, 1.54) is 0 Å². The molecule has 0 bridgehead atoms. The molecule has 0 spiro atoms. The van der Waals surface area contributed by atoms with Gasteiger partial charge in [0, 0.05) is 8.96 Å². The maximum Gasteiger partial charge on any atom is 0.0991 e. The monoisotopic (exact) mass is 386 g/mol. The van der Waals surface area contributed by atoms with Gasteiger partial charge in [-0.1, -0.05) is 24.3 Å². The summed E-state index contributed by atoms with van der Waals surface area (Å²) in [6.45, 7) is 0. The lowest BCUT2D eigenvalue weighted by Crippen LogP contribution is -1.84. The predicted molar refractivity (Wildman–Crippen MR) is 87.0 cm³/mol. The van der Waals surface area contributed by atoms with E-state index in [1.807, 2.05) is 24.3 Å². The van der Waals surface area contributed by atoms with Crippen LogP contribution in [0.15, 0.2) is 48.5 Å². The van der Waals surface area contributed by atoms with Crippen LogP contribution < -0.4 is 0 Å². The van der Waals surface area contributed by atoms with Crippen molar-refractivity contribution >= 4 is 40.8 Å². The third-order valence-electron chi connectivity index (χ3n) is 2.73. The summed E-state index contributed by atoms with van der Waals surface area (Å²) in [5.41, 5.74) is 3.20. The molecular formula is C16H8Br2N2. The van der Waals surface area contributed by atoms with E-state index < -0.39 is 0 Å². The summed E-state index contributed by atoms with van der Waals surface area (Å²) >= 11 is 7.11. The van der Waals surface area contributed by atoms with Crippen LogP contribution in [0.3, 0.4) is 0 Å². The van der Waals surface area contributed by atoms with Crippen molar-refractivity contribution in [1.29, 1.82) is 10.5 Å². The third kappa shape index (κ3) is 3.17. The second-order valence-electron chi connectivity index (χ2n) is 4.01. The number of nitriles is 2. The zero-order valence-electron chi connectivity index (χ0n) is 10.3. The number of benzene rings is 2. The Hall–Kier alpha value is -1.88. The molecule has 0 aromatic heterocycles. The second kappa shape index (κ2) is 6.52. The number of hydrogen-bond acceptors (Lipinski definition) is 2. The quantitative estimate of drug-likeness (QED) is 0.677. The molecule has 0 atom stereocenters. The Balaban J connectivity index is 2.39. The molecule has 96 valence electrons. The molecule has 0 saturated carbocycles. The summed E-state index contributed by atoms with van der Waals surface area (Å²) < 4.78 is 1.79. The Morgan fingerprint density at radius 2 is 0.950 bits per heavy atom. The van der Waals surface area contributed by atoms with Gasteiger partial charge in [-0.05, 0) is 67.3 Å². The summed E-state index contributed by atoms with van der Waals surface area (Å²) in [5, 5.41) is 17.6. The number of hydrogen-bond donors (Lipinski definition) is 0. The Morgan fingerprint density at radius 3 is 1.20 bits per heavy atom. The fraction of sp³-hybridized carbons (Fsp3) is 0. The van der Waals surface area contributed by atoms with Gasteiger partial charge in [-0.25, -0.2) is 0 Å². The van der Waals surface area contributed by atoms with Crippen LogP contribution in [0.1, 0.15) is 22.3 Å². The van der Waals surface area contributed by atoms with Crippen LogP contribution in [0.25, 0.3) is 8.96 Å². The van der Waals surface area contributed by atoms with Gasteiger partial charge in [-0.2, -0.15) is 10.5 Å². The lowest BCUT2D eigenvalue weighted by Gasteiger charge is -2.06. The van der Waals surface area contributed by atoms with E-state index in [0.29, 0.717) is 11.1 Å². The van der Waals surface area contributed by atoms with Gasteiger partial charge in [0.25, 0.3) is 0 Å². The standard InChI is InChI=1S/C16H8Br2N2/c17-15(13-5-1-11(9-19)2-6-13)16(18)14-7-3-12(10-20)4-8-14/h1-8H. The molecule has 2 aromatic rings. The molecule has 0 aliphatic heterocycles. The molecule has 20 heavy (non-hydrogen) atoms. The normalized spacial score (nSPS) is 11.2. The van der Waals surface area contributed by atoms with Crippen LogP contribution in [0.4, 0.5) is 0 Å². The fourth-order valence-electron chi connectivity index (χ4n) is 1.64. The van der Waals surface area contributed by atoms with Crippen LogP contribution >= 0.6 is 31.9 Å². The Labute approximate surface area is 134 Å². The molecule has 2 rings (SSSR count). The molecule has 2 nitrogen and oxygen atoms in total. The molecule has 2 aromatic carbocycles. The van der Waals surface area contributed by atoms with Gasteiger partial charge in [0.2, 0.25) is 0 Å². The minimum Gasteiger partial charge on any atom is -0.192 e. The van der Waals surface area contributed by atoms with E-state index in [4.69, 9.17) is 10.5 Å². The van der Waals surface area contributed by atoms with Crippen molar-refractivity contribution < 1.29 is 0 Å². The summed E-state index contributed by atoms with van der Waals surface area (Å²) in [6, 6.07) is 18.8. The summed E-state index contributed by atoms with van der Waals surface area (Å²) in [5.74, 6) is 0. The highest BCUT2D eigenvalue weighted by Gasteiger charge is 2.07. The van der Waals surface area contributed by atoms with Crippen molar-refractivity contribution in [3.05, 3.63) is 70.8 Å². The van der Waals surface area contributed by atoms with Gasteiger partial charge in [0.05, 0.1) is 23.3 Å². The number of nitrogens with zero attached hydrogens (tertiary/aromatic N) is 2. The molecule has 0 aliphatic rings. The molecule has 0 aliphatic carbocycles. The van der Waals surface area contributed by atoms with E-state index in [2.05, 4.69) is 44.0 Å². The Morgan fingerprint density at radius 1 is 0.650 bits per heavy atom. The largest absolute Gasteiger partial charge is 0.192 e. The zero-order chi connectivity index (χ0) is 14.5. The molecule has 0 fully saturated rings. The van der Waals surface area contributed by atoms with Crippen LogP contribution in [0.5, 0.6) is 0 Å². The minimum atomic E-state index is 0.628. The summed E-state index contributed by atoms with van der Waals surface area (Å²) in [6.07, 6.45) is 0. The first-order valence-corrected chi connectivity index (χ1v) is 7.30. The molecular weight excluding hydrogens is 380 g/mol. The first-order valence-electron chi connectivity index (χ1n) is 5.72. The van der Waals surface area contributed by atoms with Crippen molar-refractivity contribution in [1.82, 2.24) is 0 Å². The molecule has 0 unspecified atom stereocenters. The van der Waals surface area contributed by atoms with Gasteiger partial charge in [0.15, 0.2) is 0 Å². The lowest BCUT2D eigenvalue weighted by molar-refractivity contribution is 1.48. The van der Waals surface area contributed by atoms with Crippen molar-refractivity contribution in [2.75, 3.05) is 0 Å². The van der Waals surface area contributed by atoms with E-state index in [0.717, 1.165) is 20.1 Å². The second-order valence-corrected chi connectivity index (χ2v) is 5.59. The number of rotatable bonds is 2. The van der Waals surface area contributed by atoms with Crippen LogP contribution in [-0.4, -0.2) is 0 Å². The minimum absolute atomic E-state index is 0.628. The Kier molecular flexibility index (Phi) is 4.74. The zero-order valence-corrected chi connectivity index (χ0v) is 13.4. The molecule has 0 radical (unpaired) electrons. The van der Waals surface area contributed by atoms with Gasteiger partial charge in [-0.3, -0.25) is 0 Å². The molecule has 0 amide bonds. The topological polar surface area (TPSA) is 47.6 Å². The average Bonchev–Trinajstić information content (AvgIpc) is 2.53. The predicted octanol–water partition coefficient (Wildman–Crippen LogP) is 5.05. The van der Waals surface area contributed by atoms with Crippen LogP contribution in [0, 0.1) is 22.7 Å². The summed E-state index contributed by atoms with van der Waals surface area (Å²) in [4.78, 5) is 0. The SMILES string of the molecule is N#Cc1ccc(C(Br)=C(Br)c2ccc(C#N)cc2)cc1. The van der Waals surface area contributed by atoms with Crippen molar-refractivity contribution in [2.24, 2.45) is 0 Å². The summed E-state index contributed by atoms with van der Waals surface area (Å²) in [7, 11) is 0. The van der Waals surface area contributed by atoms with Crippen molar-refractivity contribution in [3.8, 4) is 12.1 Å². The first kappa shape index (κ1) is 14.5. The van der Waals surface area contributed by atoms with E-state index >= 15 is 0 Å². The van der Waals surface area contributed by atoms with Gasteiger partial charge >= 0.3 is 0 Å². The van der Waals surface area contributed by atoms with E-state index in [9.17, 15) is 0 Å². The maximum absolute atomic E-state index is 8.79. The first-order chi connectivity index (χ1) is 9.65. The maximum atomic E-state index is 8.79.